The standard InChI is InChI=1S/C18H21N3O/c19-17(12-13-2-1-3-13)14-4-6-15(7-5-14)18(22)21-16-8-10-20-11-9-16/h4-11,13,17H,1-3,12,19H2,(H,20,21,22). The molecule has 0 bridgehead atoms. The van der Waals surface area contributed by atoms with Crippen molar-refractivity contribution in [3.8, 4) is 0 Å². The van der Waals surface area contributed by atoms with Gasteiger partial charge in [0.1, 0.15) is 0 Å². The lowest BCUT2D eigenvalue weighted by Crippen LogP contribution is -2.20. The molecule has 1 aromatic heterocycles. The number of carbonyl (C=O) groups excluding carboxylic acids is 1. The maximum absolute atomic E-state index is 12.2. The van der Waals surface area contributed by atoms with Gasteiger partial charge in [0.15, 0.2) is 0 Å². The maximum atomic E-state index is 12.2. The van der Waals surface area contributed by atoms with Gasteiger partial charge in [0, 0.05) is 29.7 Å². The number of anilines is 1. The van der Waals surface area contributed by atoms with E-state index in [0.29, 0.717) is 5.56 Å². The first-order valence-electron chi connectivity index (χ1n) is 7.79. The molecular formula is C18H21N3O. The molecule has 0 radical (unpaired) electrons. The molecule has 114 valence electrons. The van der Waals surface area contributed by atoms with Crippen LogP contribution in [0.5, 0.6) is 0 Å². The van der Waals surface area contributed by atoms with E-state index in [4.69, 9.17) is 5.73 Å². The Hall–Kier alpha value is -2.20. The predicted molar refractivity (Wildman–Crippen MR) is 87.5 cm³/mol. The van der Waals surface area contributed by atoms with Gasteiger partial charge in [-0.05, 0) is 42.2 Å². The molecule has 3 N–H and O–H groups in total. The number of benzene rings is 1. The van der Waals surface area contributed by atoms with E-state index in [1.165, 1.54) is 19.3 Å². The van der Waals surface area contributed by atoms with Crippen LogP contribution >= 0.6 is 0 Å². The van der Waals surface area contributed by atoms with E-state index in [1.807, 2.05) is 24.3 Å². The zero-order valence-corrected chi connectivity index (χ0v) is 12.5. The third-order valence-electron chi connectivity index (χ3n) is 4.35. The lowest BCUT2D eigenvalue weighted by molar-refractivity contribution is 0.102. The molecule has 1 fully saturated rings. The number of carbonyl (C=O) groups is 1. The van der Waals surface area contributed by atoms with E-state index in [0.717, 1.165) is 23.6 Å². The minimum Gasteiger partial charge on any atom is -0.324 e. The molecule has 4 nitrogen and oxygen atoms in total. The second-order valence-corrected chi connectivity index (χ2v) is 5.95. The molecule has 0 spiro atoms. The molecule has 4 heteroatoms. The highest BCUT2D eigenvalue weighted by Gasteiger charge is 2.21. The summed E-state index contributed by atoms with van der Waals surface area (Å²) >= 11 is 0. The Morgan fingerprint density at radius 3 is 2.45 bits per heavy atom. The number of hydrogen-bond acceptors (Lipinski definition) is 3. The number of rotatable bonds is 5. The summed E-state index contributed by atoms with van der Waals surface area (Å²) in [7, 11) is 0. The predicted octanol–water partition coefficient (Wildman–Crippen LogP) is 3.52. The molecule has 1 atom stereocenters. The molecule has 22 heavy (non-hydrogen) atoms. The summed E-state index contributed by atoms with van der Waals surface area (Å²) in [4.78, 5) is 16.1. The van der Waals surface area contributed by atoms with Crippen molar-refractivity contribution in [1.29, 1.82) is 0 Å². The second-order valence-electron chi connectivity index (χ2n) is 5.95. The van der Waals surface area contributed by atoms with Gasteiger partial charge in [-0.15, -0.1) is 0 Å². The van der Waals surface area contributed by atoms with Crippen LogP contribution in [0.1, 0.15) is 47.6 Å². The van der Waals surface area contributed by atoms with Crippen LogP contribution in [0, 0.1) is 5.92 Å². The van der Waals surface area contributed by atoms with E-state index in [1.54, 1.807) is 24.5 Å². The van der Waals surface area contributed by atoms with Crippen LogP contribution in [-0.4, -0.2) is 10.9 Å². The number of nitrogens with zero attached hydrogens (tertiary/aromatic N) is 1. The van der Waals surface area contributed by atoms with Gasteiger partial charge in [-0.2, -0.15) is 0 Å². The van der Waals surface area contributed by atoms with Crippen LogP contribution in [0.2, 0.25) is 0 Å². The molecule has 2 aromatic rings. The lowest BCUT2D eigenvalue weighted by Gasteiger charge is -2.28. The number of amides is 1. The fourth-order valence-electron chi connectivity index (χ4n) is 2.74. The van der Waals surface area contributed by atoms with Crippen molar-refractivity contribution in [3.63, 3.8) is 0 Å². The largest absolute Gasteiger partial charge is 0.324 e. The molecular weight excluding hydrogens is 274 g/mol. The van der Waals surface area contributed by atoms with Crippen molar-refractivity contribution in [3.05, 3.63) is 59.9 Å². The third-order valence-corrected chi connectivity index (χ3v) is 4.35. The van der Waals surface area contributed by atoms with E-state index in [2.05, 4.69) is 10.3 Å². The summed E-state index contributed by atoms with van der Waals surface area (Å²) in [5, 5.41) is 2.85. The molecule has 3 rings (SSSR count). The van der Waals surface area contributed by atoms with Gasteiger partial charge in [0.25, 0.3) is 5.91 Å². The summed E-state index contributed by atoms with van der Waals surface area (Å²) in [5.41, 5.74) is 8.73. The minimum absolute atomic E-state index is 0.0719. The SMILES string of the molecule is NC(CC1CCC1)c1ccc(C(=O)Nc2ccncc2)cc1. The van der Waals surface area contributed by atoms with Crippen LogP contribution in [-0.2, 0) is 0 Å². The monoisotopic (exact) mass is 295 g/mol. The average molecular weight is 295 g/mol. The summed E-state index contributed by atoms with van der Waals surface area (Å²) in [6, 6.07) is 11.2. The van der Waals surface area contributed by atoms with Gasteiger partial charge in [-0.3, -0.25) is 9.78 Å². The second kappa shape index (κ2) is 6.71. The smallest absolute Gasteiger partial charge is 0.255 e. The Kier molecular flexibility index (Phi) is 4.49. The van der Waals surface area contributed by atoms with Crippen molar-refractivity contribution in [1.82, 2.24) is 4.98 Å². The van der Waals surface area contributed by atoms with Gasteiger partial charge < -0.3 is 11.1 Å². The number of nitrogens with two attached hydrogens (primary N) is 1. The molecule has 1 unspecified atom stereocenters. The molecule has 1 amide bonds. The number of nitrogens with one attached hydrogen (secondary N) is 1. The van der Waals surface area contributed by atoms with E-state index in [9.17, 15) is 4.79 Å². The highest BCUT2D eigenvalue weighted by molar-refractivity contribution is 6.04. The first-order valence-corrected chi connectivity index (χ1v) is 7.79. The van der Waals surface area contributed by atoms with Crippen molar-refractivity contribution < 1.29 is 4.79 Å². The Morgan fingerprint density at radius 1 is 1.18 bits per heavy atom. The summed E-state index contributed by atoms with van der Waals surface area (Å²) in [6.07, 6.45) is 8.30. The van der Waals surface area contributed by atoms with Crippen molar-refractivity contribution >= 4 is 11.6 Å². The Labute approximate surface area is 130 Å². The van der Waals surface area contributed by atoms with Gasteiger partial charge in [0.05, 0.1) is 0 Å². The highest BCUT2D eigenvalue weighted by Crippen LogP contribution is 2.33. The quantitative estimate of drug-likeness (QED) is 0.886. The lowest BCUT2D eigenvalue weighted by atomic mass is 9.80. The molecule has 0 aliphatic heterocycles. The van der Waals surface area contributed by atoms with Gasteiger partial charge in [-0.1, -0.05) is 31.4 Å². The zero-order chi connectivity index (χ0) is 15.4. The van der Waals surface area contributed by atoms with E-state index in [-0.39, 0.29) is 11.9 Å². The van der Waals surface area contributed by atoms with Gasteiger partial charge >= 0.3 is 0 Å². The molecule has 1 heterocycles. The molecule has 1 aliphatic carbocycles. The summed E-state index contributed by atoms with van der Waals surface area (Å²) in [5.74, 6) is 0.662. The Bertz CT molecular complexity index is 621. The highest BCUT2D eigenvalue weighted by atomic mass is 16.1. The average Bonchev–Trinajstić information content (AvgIpc) is 2.52. The third kappa shape index (κ3) is 3.52. The molecule has 1 aliphatic rings. The molecule has 1 saturated carbocycles. The Balaban J connectivity index is 1.61. The number of hydrogen-bond donors (Lipinski definition) is 2. The topological polar surface area (TPSA) is 68.0 Å². The van der Waals surface area contributed by atoms with Crippen LogP contribution < -0.4 is 11.1 Å². The van der Waals surface area contributed by atoms with Crippen LogP contribution in [0.15, 0.2) is 48.8 Å². The summed E-state index contributed by atoms with van der Waals surface area (Å²) < 4.78 is 0. The van der Waals surface area contributed by atoms with Crippen LogP contribution in [0.25, 0.3) is 0 Å². The summed E-state index contributed by atoms with van der Waals surface area (Å²) in [6.45, 7) is 0. The van der Waals surface area contributed by atoms with Crippen molar-refractivity contribution in [2.75, 3.05) is 5.32 Å². The first kappa shape index (κ1) is 14.7. The fourth-order valence-corrected chi connectivity index (χ4v) is 2.74. The van der Waals surface area contributed by atoms with Crippen LogP contribution in [0.3, 0.4) is 0 Å². The van der Waals surface area contributed by atoms with E-state index >= 15 is 0 Å². The van der Waals surface area contributed by atoms with Crippen molar-refractivity contribution in [2.45, 2.75) is 31.7 Å². The number of aromatic nitrogens is 1. The minimum atomic E-state index is -0.120. The normalized spacial score (nSPS) is 15.9. The van der Waals surface area contributed by atoms with E-state index < -0.39 is 0 Å². The molecule has 0 saturated heterocycles. The van der Waals surface area contributed by atoms with Gasteiger partial charge in [-0.25, -0.2) is 0 Å². The fraction of sp³-hybridized carbons (Fsp3) is 0.333. The maximum Gasteiger partial charge on any atom is 0.255 e. The first-order chi connectivity index (χ1) is 10.7. The zero-order valence-electron chi connectivity index (χ0n) is 12.5. The van der Waals surface area contributed by atoms with Crippen LogP contribution in [0.4, 0.5) is 5.69 Å². The molecule has 1 aromatic carbocycles. The Morgan fingerprint density at radius 2 is 1.86 bits per heavy atom. The number of pyridine rings is 1. The van der Waals surface area contributed by atoms with Gasteiger partial charge in [0.2, 0.25) is 0 Å². The van der Waals surface area contributed by atoms with Crippen molar-refractivity contribution in [2.24, 2.45) is 11.7 Å².